The summed E-state index contributed by atoms with van der Waals surface area (Å²) in [6, 6.07) is 6.85. The Bertz CT molecular complexity index is 1130. The number of hydrogen-bond acceptors (Lipinski definition) is 6. The first kappa shape index (κ1) is 23.2. The fraction of sp³-hybridized carbons (Fsp3) is 0.444. The molecule has 2 aromatic rings. The molecule has 2 heterocycles. The van der Waals surface area contributed by atoms with Crippen LogP contribution >= 0.6 is 0 Å². The SMILES string of the molecule is CN=CC(=CN)c1cc2cc(C)cc(C(N)=C3CN(C)CCC3=NC3CCCCC3)c2cn1. The summed E-state index contributed by atoms with van der Waals surface area (Å²) in [4.78, 5) is 16.3. The second-order valence-corrected chi connectivity index (χ2v) is 9.36. The smallest absolute Gasteiger partial charge is 0.0738 e. The molecule has 1 aromatic heterocycles. The van der Waals surface area contributed by atoms with E-state index in [9.17, 15) is 0 Å². The van der Waals surface area contributed by atoms with Gasteiger partial charge in [0.1, 0.15) is 0 Å². The highest BCUT2D eigenvalue weighted by Gasteiger charge is 2.23. The molecule has 1 aliphatic carbocycles. The molecule has 4 rings (SSSR count). The number of likely N-dealkylation sites (N-methyl/N-ethyl adjacent to an activating group) is 1. The van der Waals surface area contributed by atoms with Crippen molar-refractivity contribution in [3.05, 3.63) is 53.0 Å². The summed E-state index contributed by atoms with van der Waals surface area (Å²) in [6.07, 6.45) is 12.4. The van der Waals surface area contributed by atoms with Crippen molar-refractivity contribution in [3.8, 4) is 0 Å². The molecule has 0 radical (unpaired) electrons. The van der Waals surface area contributed by atoms with Crippen LogP contribution in [0.1, 0.15) is 55.3 Å². The van der Waals surface area contributed by atoms with Gasteiger partial charge in [-0.1, -0.05) is 25.3 Å². The normalized spacial score (nSPS) is 21.9. The number of nitrogens with two attached hydrogens (primary N) is 2. The lowest BCUT2D eigenvalue weighted by atomic mass is 9.92. The number of piperidine rings is 1. The summed E-state index contributed by atoms with van der Waals surface area (Å²) >= 11 is 0. The molecule has 174 valence electrons. The maximum Gasteiger partial charge on any atom is 0.0738 e. The molecule has 1 aromatic carbocycles. The van der Waals surface area contributed by atoms with Gasteiger partial charge in [-0.05, 0) is 49.9 Å². The summed E-state index contributed by atoms with van der Waals surface area (Å²) in [5.74, 6) is 0. The number of pyridine rings is 1. The van der Waals surface area contributed by atoms with Crippen LogP contribution in [0.5, 0.6) is 0 Å². The molecule has 1 aliphatic heterocycles. The standard InChI is InChI=1S/C27H36N6/c1-18-11-19-13-26(20(14-28)15-30-2)31-16-23(19)22(12-18)27(29)24-17-33(3)10-9-25(24)32-21-7-5-4-6-8-21/h11-16,21H,4-10,17,28-29H2,1-3H3. The number of aromatic nitrogens is 1. The van der Waals surface area contributed by atoms with E-state index in [2.05, 4.69) is 47.0 Å². The van der Waals surface area contributed by atoms with Crippen LogP contribution < -0.4 is 11.5 Å². The molecule has 0 atom stereocenters. The molecule has 0 spiro atoms. The van der Waals surface area contributed by atoms with Gasteiger partial charge in [-0.3, -0.25) is 15.0 Å². The monoisotopic (exact) mass is 444 g/mol. The first-order valence-corrected chi connectivity index (χ1v) is 12.0. The molecular weight excluding hydrogens is 408 g/mol. The highest BCUT2D eigenvalue weighted by atomic mass is 15.1. The number of aliphatic imine (C=N–C) groups is 2. The Morgan fingerprint density at radius 2 is 1.97 bits per heavy atom. The van der Waals surface area contributed by atoms with Crippen LogP contribution in [0.4, 0.5) is 0 Å². The van der Waals surface area contributed by atoms with Gasteiger partial charge < -0.3 is 16.4 Å². The lowest BCUT2D eigenvalue weighted by Crippen LogP contribution is -2.35. The fourth-order valence-electron chi connectivity index (χ4n) is 4.99. The van der Waals surface area contributed by atoms with Gasteiger partial charge in [-0.15, -0.1) is 0 Å². The Morgan fingerprint density at radius 3 is 2.70 bits per heavy atom. The second-order valence-electron chi connectivity index (χ2n) is 9.36. The number of nitrogens with zero attached hydrogens (tertiary/aromatic N) is 4. The Kier molecular flexibility index (Phi) is 7.23. The van der Waals surface area contributed by atoms with Gasteiger partial charge >= 0.3 is 0 Å². The van der Waals surface area contributed by atoms with Crippen LogP contribution in [-0.2, 0) is 0 Å². The zero-order valence-electron chi connectivity index (χ0n) is 20.1. The van der Waals surface area contributed by atoms with Gasteiger partial charge in [-0.25, -0.2) is 0 Å². The molecule has 6 heteroatoms. The summed E-state index contributed by atoms with van der Waals surface area (Å²) in [5, 5.41) is 2.14. The molecule has 33 heavy (non-hydrogen) atoms. The van der Waals surface area contributed by atoms with Crippen molar-refractivity contribution < 1.29 is 0 Å². The quantitative estimate of drug-likeness (QED) is 0.687. The number of benzene rings is 1. The maximum atomic E-state index is 6.93. The van der Waals surface area contributed by atoms with E-state index in [0.29, 0.717) is 6.04 Å². The van der Waals surface area contributed by atoms with E-state index in [1.54, 1.807) is 19.5 Å². The summed E-state index contributed by atoms with van der Waals surface area (Å²) in [5.41, 5.74) is 19.7. The van der Waals surface area contributed by atoms with Crippen molar-refractivity contribution in [2.75, 3.05) is 27.2 Å². The molecule has 1 saturated carbocycles. The lowest BCUT2D eigenvalue weighted by Gasteiger charge is -2.29. The zero-order valence-corrected chi connectivity index (χ0v) is 20.1. The number of hydrogen-bond donors (Lipinski definition) is 2. The van der Waals surface area contributed by atoms with Crippen LogP contribution in [0.2, 0.25) is 0 Å². The molecule has 2 fully saturated rings. The van der Waals surface area contributed by atoms with Gasteiger partial charge in [0.25, 0.3) is 0 Å². The number of aryl methyl sites for hydroxylation is 1. The summed E-state index contributed by atoms with van der Waals surface area (Å²) in [6.45, 7) is 3.96. The maximum absolute atomic E-state index is 6.93. The van der Waals surface area contributed by atoms with Crippen molar-refractivity contribution >= 4 is 34.0 Å². The van der Waals surface area contributed by atoms with Gasteiger partial charge in [0.2, 0.25) is 0 Å². The molecule has 1 saturated heterocycles. The minimum atomic E-state index is 0.445. The van der Waals surface area contributed by atoms with Crippen LogP contribution in [0, 0.1) is 6.92 Å². The van der Waals surface area contributed by atoms with E-state index >= 15 is 0 Å². The Balaban J connectivity index is 1.82. The van der Waals surface area contributed by atoms with Crippen LogP contribution in [-0.4, -0.2) is 55.0 Å². The predicted molar refractivity (Wildman–Crippen MR) is 141 cm³/mol. The number of allylic oxidation sites excluding steroid dienone is 1. The van der Waals surface area contributed by atoms with Crippen molar-refractivity contribution in [1.82, 2.24) is 9.88 Å². The average molecular weight is 445 g/mol. The Labute approximate surface area is 197 Å². The van der Waals surface area contributed by atoms with E-state index in [1.165, 1.54) is 43.4 Å². The average Bonchev–Trinajstić information content (AvgIpc) is 2.83. The molecule has 6 nitrogen and oxygen atoms in total. The van der Waals surface area contributed by atoms with E-state index in [1.807, 2.05) is 6.20 Å². The number of rotatable bonds is 4. The van der Waals surface area contributed by atoms with Crippen LogP contribution in [0.15, 0.2) is 46.2 Å². The van der Waals surface area contributed by atoms with Gasteiger partial charge in [0, 0.05) is 78.7 Å². The fourth-order valence-corrected chi connectivity index (χ4v) is 4.99. The van der Waals surface area contributed by atoms with Crippen molar-refractivity contribution in [2.45, 2.75) is 51.5 Å². The molecule has 0 unspecified atom stereocenters. The van der Waals surface area contributed by atoms with Crippen LogP contribution in [0.3, 0.4) is 0 Å². The van der Waals surface area contributed by atoms with Gasteiger partial charge in [0.15, 0.2) is 0 Å². The van der Waals surface area contributed by atoms with E-state index < -0.39 is 0 Å². The van der Waals surface area contributed by atoms with Gasteiger partial charge in [-0.2, -0.15) is 0 Å². The third-order valence-corrected chi connectivity index (χ3v) is 6.76. The highest BCUT2D eigenvalue weighted by Crippen LogP contribution is 2.30. The largest absolute Gasteiger partial charge is 0.404 e. The van der Waals surface area contributed by atoms with Crippen molar-refractivity contribution in [3.63, 3.8) is 0 Å². The lowest BCUT2D eigenvalue weighted by molar-refractivity contribution is 0.363. The van der Waals surface area contributed by atoms with Crippen molar-refractivity contribution in [1.29, 1.82) is 0 Å². The zero-order chi connectivity index (χ0) is 23.4. The predicted octanol–water partition coefficient (Wildman–Crippen LogP) is 4.32. The number of likely N-dealkylation sites (tertiary alicyclic amines) is 1. The molecular formula is C27H36N6. The van der Waals surface area contributed by atoms with Gasteiger partial charge in [0.05, 0.1) is 11.7 Å². The Morgan fingerprint density at radius 1 is 1.18 bits per heavy atom. The Hall–Kier alpha value is -2.99. The first-order chi connectivity index (χ1) is 16.0. The number of fused-ring (bicyclic) bond motifs is 1. The van der Waals surface area contributed by atoms with Crippen LogP contribution in [0.25, 0.3) is 22.0 Å². The molecule has 0 bridgehead atoms. The minimum absolute atomic E-state index is 0.445. The summed E-state index contributed by atoms with van der Waals surface area (Å²) in [7, 11) is 3.89. The molecule has 2 aliphatic rings. The topological polar surface area (TPSA) is 92.9 Å². The molecule has 0 amide bonds. The third kappa shape index (κ3) is 5.17. The first-order valence-electron chi connectivity index (χ1n) is 12.0. The van der Waals surface area contributed by atoms with E-state index in [-0.39, 0.29) is 0 Å². The minimum Gasteiger partial charge on any atom is -0.404 e. The third-order valence-electron chi connectivity index (χ3n) is 6.76. The highest BCUT2D eigenvalue weighted by molar-refractivity contribution is 6.11. The van der Waals surface area contributed by atoms with E-state index in [4.69, 9.17) is 16.5 Å². The van der Waals surface area contributed by atoms with E-state index in [0.717, 1.165) is 58.4 Å². The summed E-state index contributed by atoms with van der Waals surface area (Å²) < 4.78 is 0. The second kappa shape index (κ2) is 10.3. The molecule has 4 N–H and O–H groups in total. The van der Waals surface area contributed by atoms with Crippen molar-refractivity contribution in [2.24, 2.45) is 21.5 Å².